The molecule has 2 aromatic rings. The first kappa shape index (κ1) is 11.9. The molecule has 1 radical (unpaired) electrons. The van der Waals surface area contributed by atoms with E-state index in [0.29, 0.717) is 11.1 Å². The van der Waals surface area contributed by atoms with E-state index < -0.39 is 0 Å². The number of para-hydroxylation sites is 1. The van der Waals surface area contributed by atoms with Crippen LogP contribution in [0.3, 0.4) is 0 Å². The molecule has 0 spiro atoms. The molecule has 0 unspecified atom stereocenters. The van der Waals surface area contributed by atoms with Gasteiger partial charge in [-0.2, -0.15) is 0 Å². The summed E-state index contributed by atoms with van der Waals surface area (Å²) in [6, 6.07) is 5.31. The van der Waals surface area contributed by atoms with Gasteiger partial charge in [0.1, 0.15) is 0 Å². The number of ether oxygens (including phenoxy) is 1. The molecule has 0 saturated heterocycles. The summed E-state index contributed by atoms with van der Waals surface area (Å²) in [5.41, 5.74) is 2.00. The van der Waals surface area contributed by atoms with Gasteiger partial charge < -0.3 is 9.72 Å². The van der Waals surface area contributed by atoms with Crippen molar-refractivity contribution in [2.45, 2.75) is 0 Å². The molecule has 1 aromatic heterocycles. The quantitative estimate of drug-likeness (QED) is 0.569. The maximum atomic E-state index is 11.3. The number of nitrogens with one attached hydrogen (secondary N) is 1. The van der Waals surface area contributed by atoms with E-state index in [1.54, 1.807) is 18.5 Å². The van der Waals surface area contributed by atoms with Crippen molar-refractivity contribution >= 4 is 68.4 Å². The predicted octanol–water partition coefficient (Wildman–Crippen LogP) is 0.969. The number of hydrogen-bond donors (Lipinski definition) is 1. The van der Waals surface area contributed by atoms with E-state index in [9.17, 15) is 4.79 Å². The summed E-state index contributed by atoms with van der Waals surface area (Å²) in [4.78, 5) is 18.2. The molecule has 1 aromatic carbocycles. The Morgan fingerprint density at radius 1 is 1.50 bits per heavy atom. The van der Waals surface area contributed by atoms with Crippen LogP contribution in [0.15, 0.2) is 24.5 Å². The number of aromatic nitrogens is 2. The number of nitrogens with zero attached hydrogens (tertiary/aromatic N) is 1. The smallest absolute Gasteiger partial charge is 0.340 e. The van der Waals surface area contributed by atoms with E-state index in [0.717, 1.165) is 5.52 Å². The number of imidazole rings is 1. The molecule has 4 nitrogen and oxygen atoms in total. The molecule has 1 heterocycles. The van der Waals surface area contributed by atoms with Gasteiger partial charge in [-0.3, -0.25) is 0 Å². The molecule has 67 valence electrons. The van der Waals surface area contributed by atoms with E-state index in [4.69, 9.17) is 0 Å². The second kappa shape index (κ2) is 5.04. The standard InChI is InChI=1S/C9H8N2O2.K/c1-13-9(12)6-3-2-4-7-8(6)11-5-10-7;/h2-5H,1H3,(H,10,11);. The minimum atomic E-state index is -0.352. The normalized spacial score (nSPS) is 9.50. The molecule has 0 saturated carbocycles. The third kappa shape index (κ3) is 2.07. The van der Waals surface area contributed by atoms with Crippen molar-refractivity contribution in [1.82, 2.24) is 9.97 Å². The summed E-state index contributed by atoms with van der Waals surface area (Å²) < 4.78 is 4.63. The SMILES string of the molecule is COC(=O)c1cccc2nc[nH]c12.[K]. The Bertz CT molecular complexity index is 453. The van der Waals surface area contributed by atoms with Crippen molar-refractivity contribution in [2.75, 3.05) is 7.11 Å². The molecule has 0 fully saturated rings. The first-order valence-corrected chi connectivity index (χ1v) is 3.83. The number of esters is 1. The fourth-order valence-corrected chi connectivity index (χ4v) is 1.25. The zero-order chi connectivity index (χ0) is 9.26. The summed E-state index contributed by atoms with van der Waals surface area (Å²) in [5.74, 6) is -0.352. The molecular formula is C9H8KN2O2. The average molecular weight is 215 g/mol. The molecular weight excluding hydrogens is 207 g/mol. The molecule has 0 aliphatic rings. The molecule has 0 aliphatic heterocycles. The van der Waals surface area contributed by atoms with Gasteiger partial charge in [-0.05, 0) is 12.1 Å². The third-order valence-electron chi connectivity index (χ3n) is 1.86. The van der Waals surface area contributed by atoms with Crippen molar-refractivity contribution in [3.8, 4) is 0 Å². The van der Waals surface area contributed by atoms with Crippen LogP contribution >= 0.6 is 0 Å². The van der Waals surface area contributed by atoms with E-state index in [1.165, 1.54) is 7.11 Å². The molecule has 2 rings (SSSR count). The van der Waals surface area contributed by atoms with Crippen molar-refractivity contribution in [2.24, 2.45) is 0 Å². The van der Waals surface area contributed by atoms with E-state index >= 15 is 0 Å². The van der Waals surface area contributed by atoms with Crippen LogP contribution in [-0.2, 0) is 4.74 Å². The van der Waals surface area contributed by atoms with Crippen LogP contribution in [0.1, 0.15) is 10.4 Å². The minimum Gasteiger partial charge on any atom is -0.465 e. The second-order valence-corrected chi connectivity index (χ2v) is 2.59. The number of benzene rings is 1. The van der Waals surface area contributed by atoms with E-state index in [-0.39, 0.29) is 57.4 Å². The number of methoxy groups -OCH3 is 1. The van der Waals surface area contributed by atoms with Crippen LogP contribution in [0.25, 0.3) is 11.0 Å². The first-order valence-electron chi connectivity index (χ1n) is 3.83. The first-order chi connectivity index (χ1) is 6.33. The zero-order valence-corrected chi connectivity index (χ0v) is 11.2. The van der Waals surface area contributed by atoms with Gasteiger partial charge in [-0.25, -0.2) is 9.78 Å². The molecule has 0 amide bonds. The molecule has 1 N–H and O–H groups in total. The van der Waals surface area contributed by atoms with Gasteiger partial charge in [0.25, 0.3) is 0 Å². The molecule has 0 atom stereocenters. The van der Waals surface area contributed by atoms with Gasteiger partial charge in [0.2, 0.25) is 0 Å². The number of fused-ring (bicyclic) bond motifs is 1. The van der Waals surface area contributed by atoms with Gasteiger partial charge in [0.15, 0.2) is 0 Å². The largest absolute Gasteiger partial charge is 0.465 e. The van der Waals surface area contributed by atoms with Crippen molar-refractivity contribution in [1.29, 1.82) is 0 Å². The van der Waals surface area contributed by atoms with Crippen molar-refractivity contribution < 1.29 is 9.53 Å². The van der Waals surface area contributed by atoms with E-state index in [1.807, 2.05) is 6.07 Å². The maximum Gasteiger partial charge on any atom is 0.340 e. The van der Waals surface area contributed by atoms with Crippen LogP contribution in [0.4, 0.5) is 0 Å². The third-order valence-corrected chi connectivity index (χ3v) is 1.86. The van der Waals surface area contributed by atoms with Gasteiger partial charge in [-0.1, -0.05) is 6.07 Å². The second-order valence-electron chi connectivity index (χ2n) is 2.59. The maximum absolute atomic E-state index is 11.3. The molecule has 14 heavy (non-hydrogen) atoms. The molecule has 0 aliphatic carbocycles. The topological polar surface area (TPSA) is 55.0 Å². The monoisotopic (exact) mass is 215 g/mol. The average Bonchev–Trinajstić information content (AvgIpc) is 2.63. The number of carbonyl (C=O) groups is 1. The Hall–Kier alpha value is -0.204. The summed E-state index contributed by atoms with van der Waals surface area (Å²) in [5, 5.41) is 0. The van der Waals surface area contributed by atoms with Crippen LogP contribution in [0.2, 0.25) is 0 Å². The van der Waals surface area contributed by atoms with Crippen LogP contribution in [-0.4, -0.2) is 74.4 Å². The number of H-pyrrole nitrogens is 1. The molecule has 5 heteroatoms. The van der Waals surface area contributed by atoms with Crippen molar-refractivity contribution in [3.63, 3.8) is 0 Å². The zero-order valence-electron chi connectivity index (χ0n) is 8.07. The Morgan fingerprint density at radius 2 is 2.29 bits per heavy atom. The Balaban J connectivity index is 0.000000980. The molecule has 0 bridgehead atoms. The van der Waals surface area contributed by atoms with Gasteiger partial charge in [0, 0.05) is 51.4 Å². The summed E-state index contributed by atoms with van der Waals surface area (Å²) in [7, 11) is 1.36. The van der Waals surface area contributed by atoms with Crippen LogP contribution in [0.5, 0.6) is 0 Å². The number of rotatable bonds is 1. The van der Waals surface area contributed by atoms with Gasteiger partial charge in [0.05, 0.1) is 30.0 Å². The Labute approximate surface area is 123 Å². The minimum absolute atomic E-state index is 0. The number of aromatic amines is 1. The van der Waals surface area contributed by atoms with Crippen molar-refractivity contribution in [3.05, 3.63) is 30.1 Å². The number of carbonyl (C=O) groups excluding carboxylic acids is 1. The summed E-state index contributed by atoms with van der Waals surface area (Å²) in [6.07, 6.45) is 1.55. The summed E-state index contributed by atoms with van der Waals surface area (Å²) >= 11 is 0. The predicted molar refractivity (Wildman–Crippen MR) is 53.2 cm³/mol. The fourth-order valence-electron chi connectivity index (χ4n) is 1.25. The van der Waals surface area contributed by atoms with E-state index in [2.05, 4.69) is 14.7 Å². The Kier molecular flexibility index (Phi) is 4.27. The van der Waals surface area contributed by atoms with Crippen LogP contribution < -0.4 is 0 Å². The van der Waals surface area contributed by atoms with Gasteiger partial charge in [-0.15, -0.1) is 0 Å². The van der Waals surface area contributed by atoms with Crippen LogP contribution in [0, 0.1) is 0 Å². The van der Waals surface area contributed by atoms with Gasteiger partial charge >= 0.3 is 5.97 Å². The number of hydrogen-bond acceptors (Lipinski definition) is 3. The summed E-state index contributed by atoms with van der Waals surface area (Å²) in [6.45, 7) is 0. The fraction of sp³-hybridized carbons (Fsp3) is 0.111. The Morgan fingerprint density at radius 3 is 3.00 bits per heavy atom.